The van der Waals surface area contributed by atoms with E-state index >= 15 is 0 Å². The molecule has 1 aliphatic heterocycles. The second-order valence-electron chi connectivity index (χ2n) is 10.6. The van der Waals surface area contributed by atoms with Crippen LogP contribution in [-0.2, 0) is 13.0 Å². The van der Waals surface area contributed by atoms with Crippen LogP contribution in [0.25, 0.3) is 16.6 Å². The van der Waals surface area contributed by atoms with Gasteiger partial charge in [0, 0.05) is 49.7 Å². The summed E-state index contributed by atoms with van der Waals surface area (Å²) in [4.78, 5) is 9.42. The Morgan fingerprint density at radius 3 is 2.72 bits per heavy atom. The Kier molecular flexibility index (Phi) is 9.31. The molecule has 8 heteroatoms. The van der Waals surface area contributed by atoms with E-state index in [1.165, 1.54) is 11.1 Å². The number of anilines is 3. The molecular formula is C31H40Cl2N6. The van der Waals surface area contributed by atoms with Crippen LogP contribution in [0.2, 0.25) is 5.02 Å². The molecule has 0 spiro atoms. The molecule has 3 aromatic rings. The molecule has 1 atom stereocenters. The van der Waals surface area contributed by atoms with E-state index < -0.39 is 0 Å². The van der Waals surface area contributed by atoms with Gasteiger partial charge >= 0.3 is 0 Å². The van der Waals surface area contributed by atoms with Gasteiger partial charge in [-0.05, 0) is 57.1 Å². The average Bonchev–Trinajstić information content (AvgIpc) is 3.30. The van der Waals surface area contributed by atoms with Crippen molar-refractivity contribution in [3.8, 4) is 0 Å². The molecule has 0 radical (unpaired) electrons. The molecule has 1 aromatic heterocycles. The molecule has 6 nitrogen and oxygen atoms in total. The van der Waals surface area contributed by atoms with Gasteiger partial charge in [-0.25, -0.2) is 4.99 Å². The van der Waals surface area contributed by atoms with Crippen LogP contribution in [0, 0.1) is 5.92 Å². The van der Waals surface area contributed by atoms with E-state index in [2.05, 4.69) is 78.6 Å². The molecule has 2 heterocycles. The van der Waals surface area contributed by atoms with Gasteiger partial charge in [0.05, 0.1) is 38.3 Å². The number of nitrogen functional groups attached to an aromatic ring is 1. The van der Waals surface area contributed by atoms with Gasteiger partial charge in [0.15, 0.2) is 0 Å². The zero-order valence-electron chi connectivity index (χ0n) is 23.7. The summed E-state index contributed by atoms with van der Waals surface area (Å²) >= 11 is 13.6. The molecule has 0 amide bonds. The van der Waals surface area contributed by atoms with E-state index in [1.807, 2.05) is 19.2 Å². The van der Waals surface area contributed by atoms with Crippen LogP contribution < -0.4 is 16.0 Å². The molecule has 0 saturated heterocycles. The second-order valence-corrected chi connectivity index (χ2v) is 11.4. The Labute approximate surface area is 242 Å². The monoisotopic (exact) mass is 566 g/mol. The van der Waals surface area contributed by atoms with E-state index in [1.54, 1.807) is 6.08 Å². The van der Waals surface area contributed by atoms with Gasteiger partial charge in [-0.3, -0.25) is 0 Å². The number of allylic oxidation sites excluding steroid dienone is 2. The minimum Gasteiger partial charge on any atom is -0.397 e. The topological polar surface area (TPSA) is 61.8 Å². The number of hydrogen-bond acceptors (Lipinski definition) is 4. The van der Waals surface area contributed by atoms with E-state index in [9.17, 15) is 0 Å². The summed E-state index contributed by atoms with van der Waals surface area (Å²) in [5.41, 5.74) is 13.1. The van der Waals surface area contributed by atoms with Crippen molar-refractivity contribution in [1.82, 2.24) is 9.47 Å². The quantitative estimate of drug-likeness (QED) is 0.116. The smallest absolute Gasteiger partial charge is 0.110 e. The highest BCUT2D eigenvalue weighted by atomic mass is 35.5. The third-order valence-corrected chi connectivity index (χ3v) is 8.12. The maximum absolute atomic E-state index is 6.80. The largest absolute Gasteiger partial charge is 0.397 e. The van der Waals surface area contributed by atoms with Crippen molar-refractivity contribution in [2.24, 2.45) is 10.9 Å². The zero-order chi connectivity index (χ0) is 28.3. The molecule has 39 heavy (non-hydrogen) atoms. The molecule has 208 valence electrons. The number of amidine groups is 1. The van der Waals surface area contributed by atoms with Gasteiger partial charge in [0.2, 0.25) is 0 Å². The average molecular weight is 568 g/mol. The molecule has 3 N–H and O–H groups in total. The molecule has 1 aliphatic rings. The zero-order valence-corrected chi connectivity index (χ0v) is 25.2. The van der Waals surface area contributed by atoms with Gasteiger partial charge in [0.25, 0.3) is 0 Å². The van der Waals surface area contributed by atoms with Crippen molar-refractivity contribution in [1.29, 1.82) is 0 Å². The van der Waals surface area contributed by atoms with Gasteiger partial charge in [-0.15, -0.1) is 0 Å². The Morgan fingerprint density at radius 2 is 2.03 bits per heavy atom. The van der Waals surface area contributed by atoms with Crippen LogP contribution in [0.1, 0.15) is 37.8 Å². The van der Waals surface area contributed by atoms with Crippen molar-refractivity contribution >= 4 is 62.7 Å². The third kappa shape index (κ3) is 6.29. The highest BCUT2D eigenvalue weighted by Crippen LogP contribution is 2.37. The Balaban J connectivity index is 1.76. The lowest BCUT2D eigenvalue weighted by molar-refractivity contribution is 0.416. The fraction of sp³-hybridized carbons (Fsp3) is 0.387. The summed E-state index contributed by atoms with van der Waals surface area (Å²) in [6.45, 7) is 11.0. The molecule has 1 unspecified atom stereocenters. The lowest BCUT2D eigenvalue weighted by atomic mass is 10.0. The van der Waals surface area contributed by atoms with Crippen LogP contribution in [-0.4, -0.2) is 49.5 Å². The van der Waals surface area contributed by atoms with Crippen molar-refractivity contribution in [2.45, 2.75) is 39.7 Å². The number of likely N-dealkylation sites (N-methyl/N-ethyl adjacent to an activating group) is 2. The molecule has 4 rings (SSSR count). The maximum atomic E-state index is 6.80. The number of nitrogens with two attached hydrogens (primary N) is 1. The Morgan fingerprint density at radius 1 is 1.26 bits per heavy atom. The number of nitrogens with one attached hydrogen (secondary N) is 1. The minimum absolute atomic E-state index is 0.119. The standard InChI is InChI=1S/C31H40Cl2N6/c1-7-20(3)31(35-27-18-26(34)28(17-25(27)33)38(6)16-15-37(4)5)36-29(24(32)8-2)23-19-39-14-10-12-21-11-9-13-22(23)30(21)39/h8-9,11,13,17-20H,2,7,10,12,14-16,34H2,1,3-6H3,(H,35,36)/b29-24+. The van der Waals surface area contributed by atoms with E-state index in [4.69, 9.17) is 33.9 Å². The number of para-hydroxylation sites is 1. The lowest BCUT2D eigenvalue weighted by Gasteiger charge is -2.24. The second kappa shape index (κ2) is 12.5. The number of benzene rings is 2. The summed E-state index contributed by atoms with van der Waals surface area (Å²) in [6, 6.07) is 10.3. The first-order chi connectivity index (χ1) is 18.6. The first kappa shape index (κ1) is 29.1. The molecule has 0 aliphatic carbocycles. The van der Waals surface area contributed by atoms with Crippen LogP contribution in [0.5, 0.6) is 0 Å². The van der Waals surface area contributed by atoms with Crippen LogP contribution in [0.15, 0.2) is 59.2 Å². The molecule has 0 bridgehead atoms. The van der Waals surface area contributed by atoms with Gasteiger partial charge in [-0.1, -0.05) is 61.8 Å². The minimum atomic E-state index is 0.119. The van der Waals surface area contributed by atoms with E-state index in [0.29, 0.717) is 21.4 Å². The Bertz CT molecular complexity index is 1420. The van der Waals surface area contributed by atoms with Crippen molar-refractivity contribution in [3.63, 3.8) is 0 Å². The first-order valence-corrected chi connectivity index (χ1v) is 14.3. The number of aromatic nitrogens is 1. The number of aryl methyl sites for hydroxylation is 2. The van der Waals surface area contributed by atoms with Crippen LogP contribution in [0.4, 0.5) is 17.1 Å². The molecular weight excluding hydrogens is 527 g/mol. The van der Waals surface area contributed by atoms with Crippen molar-refractivity contribution in [2.75, 3.05) is 50.2 Å². The number of rotatable bonds is 10. The fourth-order valence-corrected chi connectivity index (χ4v) is 5.32. The molecule has 0 fully saturated rings. The lowest BCUT2D eigenvalue weighted by Crippen LogP contribution is -2.29. The summed E-state index contributed by atoms with van der Waals surface area (Å²) in [5.74, 6) is 0.892. The van der Waals surface area contributed by atoms with E-state index in [-0.39, 0.29) is 5.92 Å². The van der Waals surface area contributed by atoms with Gasteiger partial charge in [-0.2, -0.15) is 0 Å². The number of halogens is 2. The maximum Gasteiger partial charge on any atom is 0.110 e. The molecule has 0 saturated carbocycles. The summed E-state index contributed by atoms with van der Waals surface area (Å²) in [5, 5.41) is 5.75. The predicted octanol–water partition coefficient (Wildman–Crippen LogP) is 7.47. The van der Waals surface area contributed by atoms with Crippen molar-refractivity contribution in [3.05, 3.63) is 70.4 Å². The number of nitrogens with zero attached hydrogens (tertiary/aromatic N) is 4. The summed E-state index contributed by atoms with van der Waals surface area (Å²) in [6.07, 6.45) is 6.92. The SMILES string of the molecule is C=C/C(Cl)=C(\N=C(Nc1cc(N)c(N(C)CCN(C)C)cc1Cl)C(C)CC)c1cn2c3c(cccc13)CCC2. The predicted molar refractivity (Wildman–Crippen MR) is 171 cm³/mol. The van der Waals surface area contributed by atoms with Crippen LogP contribution in [0.3, 0.4) is 0 Å². The number of hydrogen-bond donors (Lipinski definition) is 2. The highest BCUT2D eigenvalue weighted by molar-refractivity contribution is 6.35. The summed E-state index contributed by atoms with van der Waals surface area (Å²) < 4.78 is 2.33. The summed E-state index contributed by atoms with van der Waals surface area (Å²) in [7, 11) is 6.13. The third-order valence-electron chi connectivity index (χ3n) is 7.47. The molecule has 2 aromatic carbocycles. The Hall–Kier alpha value is -2.93. The van der Waals surface area contributed by atoms with Gasteiger partial charge in [0.1, 0.15) is 5.84 Å². The van der Waals surface area contributed by atoms with E-state index in [0.717, 1.165) is 67.1 Å². The first-order valence-electron chi connectivity index (χ1n) is 13.6. The van der Waals surface area contributed by atoms with Crippen LogP contribution >= 0.6 is 23.2 Å². The normalized spacial score (nSPS) is 14.9. The fourth-order valence-electron chi connectivity index (χ4n) is 4.97. The van der Waals surface area contributed by atoms with Crippen molar-refractivity contribution < 1.29 is 0 Å². The van der Waals surface area contributed by atoms with Gasteiger partial charge < -0.3 is 25.4 Å². The number of aliphatic imine (C=N–C) groups is 1. The highest BCUT2D eigenvalue weighted by Gasteiger charge is 2.21.